The van der Waals surface area contributed by atoms with Crippen molar-refractivity contribution in [1.82, 2.24) is 4.90 Å². The summed E-state index contributed by atoms with van der Waals surface area (Å²) in [6.45, 7) is 4.27. The Kier molecular flexibility index (Phi) is 7.71. The van der Waals surface area contributed by atoms with Crippen LogP contribution in [0, 0.1) is 5.92 Å². The van der Waals surface area contributed by atoms with Crippen molar-refractivity contribution in [3.63, 3.8) is 0 Å². The van der Waals surface area contributed by atoms with E-state index in [9.17, 15) is 9.59 Å². The van der Waals surface area contributed by atoms with Crippen LogP contribution in [0.1, 0.15) is 30.1 Å². The molecule has 0 aliphatic carbocycles. The molecule has 1 heterocycles. The van der Waals surface area contributed by atoms with Gasteiger partial charge >= 0.3 is 5.97 Å². The minimum absolute atomic E-state index is 0.0357. The van der Waals surface area contributed by atoms with Gasteiger partial charge in [0.2, 0.25) is 0 Å². The van der Waals surface area contributed by atoms with Crippen LogP contribution in [0.5, 0.6) is 5.75 Å². The second-order valence-corrected chi connectivity index (χ2v) is 6.66. The summed E-state index contributed by atoms with van der Waals surface area (Å²) in [5.74, 6) is 0.378. The van der Waals surface area contributed by atoms with Crippen LogP contribution in [-0.2, 0) is 14.3 Å². The number of carbonyl (C=O) groups is 2. The molecule has 1 amide bonds. The van der Waals surface area contributed by atoms with Gasteiger partial charge < -0.3 is 19.1 Å². The van der Waals surface area contributed by atoms with Crippen molar-refractivity contribution in [2.24, 2.45) is 5.92 Å². The standard InChI is InChI=1S/C18H24BrNO5/c1-3-24-18(22)13-6-8-20(9-7-13)17(21)14-4-5-16(15(19)12-14)25-11-10-23-2/h4-5,12-13H,3,6-11H2,1-2H3. The molecule has 0 atom stereocenters. The summed E-state index contributed by atoms with van der Waals surface area (Å²) in [6, 6.07) is 5.30. The van der Waals surface area contributed by atoms with Crippen molar-refractivity contribution in [2.75, 3.05) is 40.0 Å². The van der Waals surface area contributed by atoms with E-state index in [0.717, 1.165) is 4.47 Å². The Hall–Kier alpha value is -1.60. The first-order valence-corrected chi connectivity index (χ1v) is 9.23. The predicted molar refractivity (Wildman–Crippen MR) is 96.8 cm³/mol. The Morgan fingerprint density at radius 3 is 2.56 bits per heavy atom. The predicted octanol–water partition coefficient (Wildman–Crippen LogP) is 2.89. The van der Waals surface area contributed by atoms with E-state index in [2.05, 4.69) is 15.9 Å². The van der Waals surface area contributed by atoms with Gasteiger partial charge in [0, 0.05) is 25.8 Å². The fourth-order valence-electron chi connectivity index (χ4n) is 2.75. The van der Waals surface area contributed by atoms with Crippen molar-refractivity contribution in [3.8, 4) is 5.75 Å². The molecule has 6 nitrogen and oxygen atoms in total. The summed E-state index contributed by atoms with van der Waals surface area (Å²) < 4.78 is 16.3. The average Bonchev–Trinajstić information content (AvgIpc) is 2.63. The molecule has 2 rings (SSSR count). The number of amides is 1. The van der Waals surface area contributed by atoms with Gasteiger partial charge in [0.05, 0.1) is 23.6 Å². The Balaban J connectivity index is 1.93. The molecule has 0 N–H and O–H groups in total. The lowest BCUT2D eigenvalue weighted by Crippen LogP contribution is -2.40. The van der Waals surface area contributed by atoms with E-state index < -0.39 is 0 Å². The summed E-state index contributed by atoms with van der Waals surface area (Å²) in [5, 5.41) is 0. The fraction of sp³-hybridized carbons (Fsp3) is 0.556. The molecule has 0 aromatic heterocycles. The number of piperidine rings is 1. The molecule has 1 aliphatic heterocycles. The zero-order valence-electron chi connectivity index (χ0n) is 14.6. The number of esters is 1. The number of carbonyl (C=O) groups excluding carboxylic acids is 2. The quantitative estimate of drug-likeness (QED) is 0.507. The SMILES string of the molecule is CCOC(=O)C1CCN(C(=O)c2ccc(OCCOC)c(Br)c2)CC1. The molecule has 0 saturated carbocycles. The second-order valence-electron chi connectivity index (χ2n) is 5.80. The van der Waals surface area contributed by atoms with Gasteiger partial charge in [-0.15, -0.1) is 0 Å². The Labute approximate surface area is 156 Å². The highest BCUT2D eigenvalue weighted by Gasteiger charge is 2.28. The Bertz CT molecular complexity index is 599. The maximum Gasteiger partial charge on any atom is 0.309 e. The summed E-state index contributed by atoms with van der Waals surface area (Å²) in [5.41, 5.74) is 0.598. The first-order chi connectivity index (χ1) is 12.1. The van der Waals surface area contributed by atoms with E-state index in [-0.39, 0.29) is 17.8 Å². The smallest absolute Gasteiger partial charge is 0.309 e. The summed E-state index contributed by atoms with van der Waals surface area (Å²) in [4.78, 5) is 26.2. The van der Waals surface area contributed by atoms with Gasteiger partial charge in [0.1, 0.15) is 12.4 Å². The topological polar surface area (TPSA) is 65.1 Å². The van der Waals surface area contributed by atoms with Gasteiger partial charge in [-0.2, -0.15) is 0 Å². The molecule has 1 saturated heterocycles. The molecule has 1 aliphatic rings. The third-order valence-corrected chi connectivity index (χ3v) is 4.75. The number of rotatable bonds is 7. The summed E-state index contributed by atoms with van der Waals surface area (Å²) >= 11 is 3.44. The number of halogens is 1. The number of methoxy groups -OCH3 is 1. The zero-order chi connectivity index (χ0) is 18.2. The molecule has 0 bridgehead atoms. The molecule has 1 aromatic carbocycles. The maximum atomic E-state index is 12.7. The number of hydrogen-bond acceptors (Lipinski definition) is 5. The van der Waals surface area contributed by atoms with E-state index in [1.165, 1.54) is 0 Å². The van der Waals surface area contributed by atoms with E-state index >= 15 is 0 Å². The third-order valence-electron chi connectivity index (χ3n) is 4.13. The zero-order valence-corrected chi connectivity index (χ0v) is 16.2. The van der Waals surface area contributed by atoms with Crippen molar-refractivity contribution in [1.29, 1.82) is 0 Å². The van der Waals surface area contributed by atoms with Crippen molar-refractivity contribution in [2.45, 2.75) is 19.8 Å². The van der Waals surface area contributed by atoms with Crippen LogP contribution in [-0.4, -0.2) is 56.8 Å². The lowest BCUT2D eigenvalue weighted by molar-refractivity contribution is -0.149. The first-order valence-electron chi connectivity index (χ1n) is 8.44. The van der Waals surface area contributed by atoms with Crippen LogP contribution in [0.2, 0.25) is 0 Å². The number of hydrogen-bond donors (Lipinski definition) is 0. The van der Waals surface area contributed by atoms with Crippen LogP contribution in [0.4, 0.5) is 0 Å². The van der Waals surface area contributed by atoms with Gasteiger partial charge in [0.15, 0.2) is 0 Å². The normalized spacial score (nSPS) is 15.1. The number of nitrogens with zero attached hydrogens (tertiary/aromatic N) is 1. The van der Waals surface area contributed by atoms with Crippen LogP contribution in [0.25, 0.3) is 0 Å². The van der Waals surface area contributed by atoms with Crippen LogP contribution in [0.15, 0.2) is 22.7 Å². The van der Waals surface area contributed by atoms with Gasteiger partial charge in [-0.05, 0) is 53.9 Å². The van der Waals surface area contributed by atoms with Crippen LogP contribution < -0.4 is 4.74 Å². The van der Waals surface area contributed by atoms with Crippen LogP contribution in [0.3, 0.4) is 0 Å². The monoisotopic (exact) mass is 413 g/mol. The molecule has 7 heteroatoms. The number of likely N-dealkylation sites (tertiary alicyclic amines) is 1. The fourth-order valence-corrected chi connectivity index (χ4v) is 3.24. The Morgan fingerprint density at radius 2 is 1.96 bits per heavy atom. The molecule has 138 valence electrons. The largest absolute Gasteiger partial charge is 0.490 e. The lowest BCUT2D eigenvalue weighted by atomic mass is 9.96. The molecule has 25 heavy (non-hydrogen) atoms. The highest BCUT2D eigenvalue weighted by Crippen LogP contribution is 2.27. The molecule has 0 unspecified atom stereocenters. The highest BCUT2D eigenvalue weighted by atomic mass is 79.9. The van der Waals surface area contributed by atoms with E-state index in [0.29, 0.717) is 57.1 Å². The molecule has 1 aromatic rings. The molecule has 0 spiro atoms. The average molecular weight is 414 g/mol. The second kappa shape index (κ2) is 9.77. The van der Waals surface area contributed by atoms with Crippen molar-refractivity contribution < 1.29 is 23.8 Å². The summed E-state index contributed by atoms with van der Waals surface area (Å²) in [6.07, 6.45) is 1.29. The molecular weight excluding hydrogens is 390 g/mol. The van der Waals surface area contributed by atoms with Crippen LogP contribution >= 0.6 is 15.9 Å². The maximum absolute atomic E-state index is 12.7. The first kappa shape index (κ1) is 19.7. The Morgan fingerprint density at radius 1 is 1.24 bits per heavy atom. The van der Waals surface area contributed by atoms with E-state index in [1.54, 1.807) is 37.1 Å². The molecular formula is C18H24BrNO5. The van der Waals surface area contributed by atoms with Crippen molar-refractivity contribution >= 4 is 27.8 Å². The van der Waals surface area contributed by atoms with E-state index in [4.69, 9.17) is 14.2 Å². The minimum atomic E-state index is -0.157. The lowest BCUT2D eigenvalue weighted by Gasteiger charge is -2.31. The van der Waals surface area contributed by atoms with Gasteiger partial charge in [-0.25, -0.2) is 0 Å². The minimum Gasteiger partial charge on any atom is -0.490 e. The summed E-state index contributed by atoms with van der Waals surface area (Å²) in [7, 11) is 1.62. The van der Waals surface area contributed by atoms with Gasteiger partial charge in [0.25, 0.3) is 5.91 Å². The van der Waals surface area contributed by atoms with Crippen molar-refractivity contribution in [3.05, 3.63) is 28.2 Å². The number of ether oxygens (including phenoxy) is 3. The van der Waals surface area contributed by atoms with E-state index in [1.807, 2.05) is 0 Å². The number of benzene rings is 1. The third kappa shape index (κ3) is 5.44. The van der Waals surface area contributed by atoms with Gasteiger partial charge in [-0.3, -0.25) is 9.59 Å². The highest BCUT2D eigenvalue weighted by molar-refractivity contribution is 9.10. The molecule has 0 radical (unpaired) electrons. The molecule has 1 fully saturated rings. The van der Waals surface area contributed by atoms with Gasteiger partial charge in [-0.1, -0.05) is 0 Å².